The molecule has 1 fully saturated rings. The average Bonchev–Trinajstić information content (AvgIpc) is 3.20. The third-order valence-electron chi connectivity index (χ3n) is 4.88. The van der Waals surface area contributed by atoms with Crippen LogP contribution >= 0.6 is 0 Å². The minimum Gasteiger partial charge on any atom is -0.353 e. The van der Waals surface area contributed by atoms with Crippen molar-refractivity contribution in [1.82, 2.24) is 29.8 Å². The van der Waals surface area contributed by atoms with Crippen molar-refractivity contribution in [2.45, 2.75) is 45.3 Å². The molecule has 2 aromatic rings. The average molecular weight is 360 g/mol. The normalized spacial score (nSPS) is 18.1. The van der Waals surface area contributed by atoms with Gasteiger partial charge >= 0.3 is 6.03 Å². The van der Waals surface area contributed by atoms with Gasteiger partial charge in [0.1, 0.15) is 0 Å². The van der Waals surface area contributed by atoms with Gasteiger partial charge in [0.2, 0.25) is 5.89 Å². The van der Waals surface area contributed by atoms with Crippen molar-refractivity contribution in [3.63, 3.8) is 0 Å². The Balaban J connectivity index is 1.42. The molecule has 1 saturated heterocycles. The number of hydrogen-bond acceptors (Lipinski definition) is 5. The van der Waals surface area contributed by atoms with Crippen LogP contribution in [0.4, 0.5) is 4.79 Å². The summed E-state index contributed by atoms with van der Waals surface area (Å²) in [7, 11) is 2.09. The van der Waals surface area contributed by atoms with Crippen LogP contribution in [0.2, 0.25) is 0 Å². The SMILES string of the molecule is Cc1nc(CN(C)[C@H]2CCCN(C(=O)NCCn3cccc3)CC2)no1. The Bertz CT molecular complexity index is 684. The summed E-state index contributed by atoms with van der Waals surface area (Å²) >= 11 is 0. The molecule has 2 amide bonds. The molecule has 0 aliphatic carbocycles. The Hall–Kier alpha value is -2.35. The minimum absolute atomic E-state index is 0.0363. The van der Waals surface area contributed by atoms with Crippen molar-refractivity contribution < 1.29 is 9.32 Å². The van der Waals surface area contributed by atoms with Gasteiger partial charge in [0.15, 0.2) is 5.82 Å². The standard InChI is InChI=1S/C18H28N6O2/c1-15-20-17(21-26-15)14-22(2)16-6-5-11-24(12-7-16)18(25)19-8-13-23-9-3-4-10-23/h3-4,9-10,16H,5-8,11-14H2,1-2H3,(H,19,25)/t16-/m0/s1. The van der Waals surface area contributed by atoms with Gasteiger partial charge in [-0.3, -0.25) is 4.90 Å². The van der Waals surface area contributed by atoms with E-state index in [1.165, 1.54) is 0 Å². The van der Waals surface area contributed by atoms with E-state index in [-0.39, 0.29) is 6.03 Å². The van der Waals surface area contributed by atoms with Crippen LogP contribution in [0.1, 0.15) is 31.0 Å². The van der Waals surface area contributed by atoms with Crippen LogP contribution in [-0.4, -0.2) is 63.3 Å². The molecule has 1 N–H and O–H groups in total. The highest BCUT2D eigenvalue weighted by molar-refractivity contribution is 5.74. The number of hydrogen-bond donors (Lipinski definition) is 1. The number of aryl methyl sites for hydroxylation is 1. The quantitative estimate of drug-likeness (QED) is 0.851. The first-order valence-corrected chi connectivity index (χ1v) is 9.25. The lowest BCUT2D eigenvalue weighted by molar-refractivity contribution is 0.189. The fourth-order valence-electron chi connectivity index (χ4n) is 3.40. The highest BCUT2D eigenvalue weighted by Gasteiger charge is 2.23. The second kappa shape index (κ2) is 8.84. The monoisotopic (exact) mass is 360 g/mol. The predicted octanol–water partition coefficient (Wildman–Crippen LogP) is 1.88. The fourth-order valence-corrected chi connectivity index (χ4v) is 3.40. The second-order valence-electron chi connectivity index (χ2n) is 6.87. The van der Waals surface area contributed by atoms with Crippen molar-refractivity contribution in [3.8, 4) is 0 Å². The largest absolute Gasteiger partial charge is 0.353 e. The molecule has 8 nitrogen and oxygen atoms in total. The van der Waals surface area contributed by atoms with Gasteiger partial charge < -0.3 is 19.3 Å². The van der Waals surface area contributed by atoms with Crippen molar-refractivity contribution in [2.75, 3.05) is 26.7 Å². The Morgan fingerprint density at radius 3 is 2.88 bits per heavy atom. The highest BCUT2D eigenvalue weighted by atomic mass is 16.5. The van der Waals surface area contributed by atoms with Gasteiger partial charge in [0.25, 0.3) is 0 Å². The minimum atomic E-state index is 0.0363. The molecule has 0 bridgehead atoms. The lowest BCUT2D eigenvalue weighted by Gasteiger charge is -2.26. The molecule has 0 aromatic carbocycles. The zero-order valence-electron chi connectivity index (χ0n) is 15.6. The fraction of sp³-hybridized carbons (Fsp3) is 0.611. The first-order chi connectivity index (χ1) is 12.6. The first kappa shape index (κ1) is 18.4. The molecule has 8 heteroatoms. The molecule has 3 heterocycles. The Kier molecular flexibility index (Phi) is 6.27. The first-order valence-electron chi connectivity index (χ1n) is 9.25. The summed E-state index contributed by atoms with van der Waals surface area (Å²) in [5, 5.41) is 6.99. The maximum Gasteiger partial charge on any atom is 0.317 e. The number of urea groups is 1. The number of carbonyl (C=O) groups is 1. The van der Waals surface area contributed by atoms with E-state index < -0.39 is 0 Å². The highest BCUT2D eigenvalue weighted by Crippen LogP contribution is 2.17. The van der Waals surface area contributed by atoms with Crippen molar-refractivity contribution in [3.05, 3.63) is 36.2 Å². The maximum absolute atomic E-state index is 12.4. The second-order valence-corrected chi connectivity index (χ2v) is 6.87. The molecule has 1 atom stereocenters. The van der Waals surface area contributed by atoms with E-state index in [2.05, 4.69) is 32.0 Å². The van der Waals surface area contributed by atoms with Gasteiger partial charge in [-0.05, 0) is 38.4 Å². The molecular weight excluding hydrogens is 332 g/mol. The summed E-state index contributed by atoms with van der Waals surface area (Å²) in [6.45, 7) is 5.49. The topological polar surface area (TPSA) is 79.4 Å². The number of rotatable bonds is 6. The Labute approximate surface area is 154 Å². The predicted molar refractivity (Wildman–Crippen MR) is 97.5 cm³/mol. The van der Waals surface area contributed by atoms with Gasteiger partial charge in [-0.25, -0.2) is 4.79 Å². The van der Waals surface area contributed by atoms with Crippen LogP contribution in [0, 0.1) is 6.92 Å². The molecule has 3 rings (SSSR count). The van der Waals surface area contributed by atoms with Gasteiger partial charge in [-0.1, -0.05) is 5.16 Å². The molecule has 1 aliphatic rings. The van der Waals surface area contributed by atoms with E-state index in [0.29, 0.717) is 30.8 Å². The van der Waals surface area contributed by atoms with Gasteiger partial charge in [0.05, 0.1) is 6.54 Å². The van der Waals surface area contributed by atoms with E-state index >= 15 is 0 Å². The van der Waals surface area contributed by atoms with Crippen LogP contribution in [0.15, 0.2) is 29.0 Å². The van der Waals surface area contributed by atoms with Crippen LogP contribution in [0.25, 0.3) is 0 Å². The Morgan fingerprint density at radius 2 is 2.15 bits per heavy atom. The molecule has 1 aliphatic heterocycles. The van der Waals surface area contributed by atoms with Gasteiger partial charge in [0, 0.05) is 51.5 Å². The smallest absolute Gasteiger partial charge is 0.317 e. The van der Waals surface area contributed by atoms with Crippen molar-refractivity contribution in [2.24, 2.45) is 0 Å². The molecule has 142 valence electrons. The number of amides is 2. The molecule has 0 spiro atoms. The maximum atomic E-state index is 12.4. The zero-order chi connectivity index (χ0) is 18.4. The summed E-state index contributed by atoms with van der Waals surface area (Å²) in [6, 6.07) is 4.44. The molecule has 0 unspecified atom stereocenters. The van der Waals surface area contributed by atoms with E-state index in [4.69, 9.17) is 4.52 Å². The molecular formula is C18H28N6O2. The zero-order valence-corrected chi connectivity index (χ0v) is 15.6. The molecule has 0 saturated carbocycles. The van der Waals surface area contributed by atoms with Gasteiger partial charge in [-0.15, -0.1) is 0 Å². The van der Waals surface area contributed by atoms with Crippen LogP contribution in [0.5, 0.6) is 0 Å². The summed E-state index contributed by atoms with van der Waals surface area (Å²) in [6.07, 6.45) is 7.04. The third kappa shape index (κ3) is 5.08. The molecule has 2 aromatic heterocycles. The van der Waals surface area contributed by atoms with Crippen molar-refractivity contribution >= 4 is 6.03 Å². The number of nitrogens with one attached hydrogen (secondary N) is 1. The van der Waals surface area contributed by atoms with E-state index in [1.807, 2.05) is 29.4 Å². The number of aromatic nitrogens is 3. The van der Waals surface area contributed by atoms with Crippen molar-refractivity contribution in [1.29, 1.82) is 0 Å². The van der Waals surface area contributed by atoms with E-state index in [0.717, 1.165) is 38.9 Å². The molecule has 26 heavy (non-hydrogen) atoms. The number of likely N-dealkylation sites (tertiary alicyclic amines) is 1. The van der Waals surface area contributed by atoms with Crippen LogP contribution in [-0.2, 0) is 13.1 Å². The van der Waals surface area contributed by atoms with E-state index in [9.17, 15) is 4.79 Å². The lowest BCUT2D eigenvalue weighted by atomic mass is 10.1. The molecule has 0 radical (unpaired) electrons. The van der Waals surface area contributed by atoms with Crippen LogP contribution in [0.3, 0.4) is 0 Å². The lowest BCUT2D eigenvalue weighted by Crippen LogP contribution is -2.42. The Morgan fingerprint density at radius 1 is 1.35 bits per heavy atom. The van der Waals surface area contributed by atoms with E-state index in [1.54, 1.807) is 6.92 Å². The number of nitrogens with zero attached hydrogens (tertiary/aromatic N) is 5. The summed E-state index contributed by atoms with van der Waals surface area (Å²) in [4.78, 5) is 20.9. The van der Waals surface area contributed by atoms with Gasteiger partial charge in [-0.2, -0.15) is 4.98 Å². The summed E-state index contributed by atoms with van der Waals surface area (Å²) < 4.78 is 7.10. The summed E-state index contributed by atoms with van der Waals surface area (Å²) in [5.74, 6) is 1.31. The summed E-state index contributed by atoms with van der Waals surface area (Å²) in [5.41, 5.74) is 0. The van der Waals surface area contributed by atoms with Crippen LogP contribution < -0.4 is 5.32 Å². The number of carbonyl (C=O) groups excluding carboxylic acids is 1. The third-order valence-corrected chi connectivity index (χ3v) is 4.88.